The molecule has 3 aromatic rings. The Kier molecular flexibility index (Phi) is 5.15. The van der Waals surface area contributed by atoms with Crippen molar-refractivity contribution in [2.75, 3.05) is 27.2 Å². The maximum atomic E-state index is 13.8. The van der Waals surface area contributed by atoms with Crippen LogP contribution in [0.5, 0.6) is 0 Å². The van der Waals surface area contributed by atoms with Crippen LogP contribution in [-0.2, 0) is 0 Å². The standard InChI is InChI=1S/C22H20ClFN2O3/c1-25(2)9-4-10-26-19(13-5-3-6-14(23)11-13)18-20(27)16-12-15(24)7-8-17(16)29-21(18)22(26)28/h3,5-8,11-12,19H,4,9-10H2,1-2H3/t19-/m1/s1. The second kappa shape index (κ2) is 7.61. The summed E-state index contributed by atoms with van der Waals surface area (Å²) in [7, 11) is 3.92. The van der Waals surface area contributed by atoms with E-state index in [1.54, 1.807) is 23.1 Å². The van der Waals surface area contributed by atoms with Gasteiger partial charge < -0.3 is 14.2 Å². The molecule has 5 nitrogen and oxygen atoms in total. The van der Waals surface area contributed by atoms with Crippen LogP contribution in [-0.4, -0.2) is 42.9 Å². The van der Waals surface area contributed by atoms with Crippen molar-refractivity contribution in [2.45, 2.75) is 12.5 Å². The first-order valence-electron chi connectivity index (χ1n) is 9.34. The molecule has 150 valence electrons. The average molecular weight is 415 g/mol. The molecule has 0 aliphatic carbocycles. The first kappa shape index (κ1) is 19.6. The smallest absolute Gasteiger partial charge is 0.290 e. The highest BCUT2D eigenvalue weighted by Gasteiger charge is 2.42. The fourth-order valence-electron chi connectivity index (χ4n) is 3.80. The van der Waals surface area contributed by atoms with Gasteiger partial charge in [-0.15, -0.1) is 0 Å². The SMILES string of the molecule is CN(C)CCCN1C(=O)c2oc3ccc(F)cc3c(=O)c2[C@H]1c1cccc(Cl)c1. The predicted molar refractivity (Wildman–Crippen MR) is 110 cm³/mol. The third-order valence-electron chi connectivity index (χ3n) is 5.10. The van der Waals surface area contributed by atoms with Crippen molar-refractivity contribution < 1.29 is 13.6 Å². The van der Waals surface area contributed by atoms with Crippen LogP contribution in [0.15, 0.2) is 51.7 Å². The number of benzene rings is 2. The van der Waals surface area contributed by atoms with Gasteiger partial charge in [-0.1, -0.05) is 23.7 Å². The van der Waals surface area contributed by atoms with E-state index in [0.29, 0.717) is 11.6 Å². The fraction of sp³-hybridized carbons (Fsp3) is 0.273. The molecule has 0 spiro atoms. The van der Waals surface area contributed by atoms with E-state index < -0.39 is 17.3 Å². The molecule has 2 heterocycles. The number of nitrogens with zero attached hydrogens (tertiary/aromatic N) is 2. The Morgan fingerprint density at radius 2 is 1.97 bits per heavy atom. The molecule has 0 radical (unpaired) electrons. The molecule has 1 aromatic heterocycles. The second-order valence-corrected chi connectivity index (χ2v) is 7.86. The van der Waals surface area contributed by atoms with Crippen molar-refractivity contribution in [3.63, 3.8) is 0 Å². The normalized spacial score (nSPS) is 16.1. The summed E-state index contributed by atoms with van der Waals surface area (Å²) in [5.74, 6) is -0.854. The van der Waals surface area contributed by atoms with Crippen molar-refractivity contribution in [1.82, 2.24) is 9.80 Å². The Morgan fingerprint density at radius 1 is 1.17 bits per heavy atom. The van der Waals surface area contributed by atoms with Crippen molar-refractivity contribution in [1.29, 1.82) is 0 Å². The molecule has 7 heteroatoms. The van der Waals surface area contributed by atoms with Gasteiger partial charge in [-0.2, -0.15) is 0 Å². The van der Waals surface area contributed by atoms with Gasteiger partial charge in [-0.05, 0) is 63.0 Å². The van der Waals surface area contributed by atoms with Gasteiger partial charge in [0.25, 0.3) is 5.91 Å². The quantitative estimate of drug-likeness (QED) is 0.631. The first-order chi connectivity index (χ1) is 13.9. The minimum Gasteiger partial charge on any atom is -0.450 e. The molecule has 0 saturated heterocycles. The van der Waals surface area contributed by atoms with E-state index in [2.05, 4.69) is 0 Å². The Labute approximate surface area is 172 Å². The topological polar surface area (TPSA) is 53.8 Å². The molecule has 0 fully saturated rings. The number of carbonyl (C=O) groups is 1. The Balaban J connectivity index is 1.89. The van der Waals surface area contributed by atoms with Crippen LogP contribution in [0.4, 0.5) is 4.39 Å². The molecular formula is C22H20ClFN2O3. The summed E-state index contributed by atoms with van der Waals surface area (Å²) in [6, 6.07) is 10.2. The molecule has 0 saturated carbocycles. The van der Waals surface area contributed by atoms with E-state index in [1.807, 2.05) is 25.1 Å². The van der Waals surface area contributed by atoms with Gasteiger partial charge in [0.05, 0.1) is 17.0 Å². The lowest BCUT2D eigenvalue weighted by Crippen LogP contribution is -2.32. The molecule has 1 amide bonds. The van der Waals surface area contributed by atoms with Gasteiger partial charge in [0.15, 0.2) is 5.43 Å². The zero-order chi connectivity index (χ0) is 20.7. The highest BCUT2D eigenvalue weighted by molar-refractivity contribution is 6.30. The first-order valence-corrected chi connectivity index (χ1v) is 9.72. The zero-order valence-corrected chi connectivity index (χ0v) is 16.9. The van der Waals surface area contributed by atoms with Crippen molar-refractivity contribution >= 4 is 28.5 Å². The molecule has 2 aromatic carbocycles. The van der Waals surface area contributed by atoms with E-state index >= 15 is 0 Å². The molecule has 0 bridgehead atoms. The molecule has 1 atom stereocenters. The van der Waals surface area contributed by atoms with Crippen LogP contribution in [0.3, 0.4) is 0 Å². The average Bonchev–Trinajstić information content (AvgIpc) is 2.95. The lowest BCUT2D eigenvalue weighted by Gasteiger charge is -2.25. The van der Waals surface area contributed by atoms with Crippen LogP contribution in [0.25, 0.3) is 11.0 Å². The number of fused-ring (bicyclic) bond motifs is 2. The molecule has 0 N–H and O–H groups in total. The molecule has 1 aliphatic heterocycles. The summed E-state index contributed by atoms with van der Waals surface area (Å²) in [6.07, 6.45) is 0.728. The van der Waals surface area contributed by atoms with Gasteiger partial charge >= 0.3 is 0 Å². The highest BCUT2D eigenvalue weighted by Crippen LogP contribution is 2.38. The third-order valence-corrected chi connectivity index (χ3v) is 5.33. The summed E-state index contributed by atoms with van der Waals surface area (Å²) in [5, 5.41) is 0.631. The maximum Gasteiger partial charge on any atom is 0.290 e. The lowest BCUT2D eigenvalue weighted by molar-refractivity contribution is 0.0722. The van der Waals surface area contributed by atoms with E-state index in [1.165, 1.54) is 12.1 Å². The van der Waals surface area contributed by atoms with Crippen molar-refractivity contribution in [3.05, 3.63) is 80.4 Å². The molecular weight excluding hydrogens is 395 g/mol. The van der Waals surface area contributed by atoms with E-state index in [0.717, 1.165) is 24.6 Å². The zero-order valence-electron chi connectivity index (χ0n) is 16.1. The number of carbonyl (C=O) groups excluding carboxylic acids is 1. The van der Waals surface area contributed by atoms with E-state index in [9.17, 15) is 14.0 Å². The fourth-order valence-corrected chi connectivity index (χ4v) is 4.00. The van der Waals surface area contributed by atoms with E-state index in [-0.39, 0.29) is 28.2 Å². The van der Waals surface area contributed by atoms with Gasteiger partial charge in [-0.25, -0.2) is 4.39 Å². The third kappa shape index (κ3) is 3.54. The number of hydrogen-bond acceptors (Lipinski definition) is 4. The van der Waals surface area contributed by atoms with Gasteiger partial charge in [0.2, 0.25) is 5.76 Å². The number of halogens is 2. The van der Waals surface area contributed by atoms with Crippen LogP contribution >= 0.6 is 11.6 Å². The summed E-state index contributed by atoms with van der Waals surface area (Å²) in [4.78, 5) is 30.1. The van der Waals surface area contributed by atoms with Gasteiger partial charge in [-0.3, -0.25) is 9.59 Å². The molecule has 0 unspecified atom stereocenters. The lowest BCUT2D eigenvalue weighted by atomic mass is 9.98. The van der Waals surface area contributed by atoms with Crippen LogP contribution < -0.4 is 5.43 Å². The maximum absolute atomic E-state index is 13.8. The van der Waals surface area contributed by atoms with Crippen LogP contribution in [0.1, 0.15) is 34.1 Å². The Hall–Kier alpha value is -2.70. The van der Waals surface area contributed by atoms with Gasteiger partial charge in [0.1, 0.15) is 11.4 Å². The summed E-state index contributed by atoms with van der Waals surface area (Å²) in [5.41, 5.74) is 0.760. The highest BCUT2D eigenvalue weighted by atomic mass is 35.5. The minimum absolute atomic E-state index is 0.0175. The van der Waals surface area contributed by atoms with Gasteiger partial charge in [0, 0.05) is 11.6 Å². The number of hydrogen-bond donors (Lipinski definition) is 0. The molecule has 4 rings (SSSR count). The summed E-state index contributed by atoms with van der Waals surface area (Å²) >= 11 is 6.17. The second-order valence-electron chi connectivity index (χ2n) is 7.43. The Bertz CT molecular complexity index is 1160. The van der Waals surface area contributed by atoms with Crippen molar-refractivity contribution in [2.24, 2.45) is 0 Å². The number of amides is 1. The largest absolute Gasteiger partial charge is 0.450 e. The molecule has 1 aliphatic rings. The van der Waals surface area contributed by atoms with E-state index in [4.69, 9.17) is 16.0 Å². The predicted octanol–water partition coefficient (Wildman–Crippen LogP) is 4.08. The van der Waals surface area contributed by atoms with Crippen molar-refractivity contribution in [3.8, 4) is 0 Å². The summed E-state index contributed by atoms with van der Waals surface area (Å²) in [6.45, 7) is 1.24. The summed E-state index contributed by atoms with van der Waals surface area (Å²) < 4.78 is 19.5. The minimum atomic E-state index is -0.623. The molecule has 29 heavy (non-hydrogen) atoms. The van der Waals surface area contributed by atoms with Crippen LogP contribution in [0, 0.1) is 5.82 Å². The van der Waals surface area contributed by atoms with Crippen LogP contribution in [0.2, 0.25) is 5.02 Å². The number of rotatable bonds is 5. The monoisotopic (exact) mass is 414 g/mol. The Morgan fingerprint density at radius 3 is 2.69 bits per heavy atom.